The van der Waals surface area contributed by atoms with Gasteiger partial charge in [0.2, 0.25) is 11.8 Å². The number of ether oxygens (including phenoxy) is 2. The number of carbonyl (C=O) groups excluding carboxylic acids is 5. The van der Waals surface area contributed by atoms with Gasteiger partial charge in [-0.15, -0.1) is 0 Å². The SMILES string of the molecule is C#CN(C(=O)C(CC(N)=O)NC(=O)OC(C)(C)C)C(C(=O)NCC(=O)OC)c1ccc(CC)cc1. The zero-order chi connectivity index (χ0) is 26.8. The lowest BCUT2D eigenvalue weighted by molar-refractivity contribution is -0.143. The van der Waals surface area contributed by atoms with Crippen LogP contribution in [0.3, 0.4) is 0 Å². The summed E-state index contributed by atoms with van der Waals surface area (Å²) in [5.41, 5.74) is 5.70. The van der Waals surface area contributed by atoms with Gasteiger partial charge in [-0.05, 0) is 38.3 Å². The second kappa shape index (κ2) is 13.0. The van der Waals surface area contributed by atoms with Gasteiger partial charge in [0.1, 0.15) is 24.2 Å². The fourth-order valence-corrected chi connectivity index (χ4v) is 2.97. The van der Waals surface area contributed by atoms with E-state index < -0.39 is 60.4 Å². The van der Waals surface area contributed by atoms with Gasteiger partial charge in [-0.25, -0.2) is 4.79 Å². The van der Waals surface area contributed by atoms with Crippen molar-refractivity contribution in [2.45, 2.75) is 58.2 Å². The molecule has 35 heavy (non-hydrogen) atoms. The summed E-state index contributed by atoms with van der Waals surface area (Å²) in [4.78, 5) is 62.6. The number of hydrogen-bond acceptors (Lipinski definition) is 7. The van der Waals surface area contributed by atoms with E-state index in [2.05, 4.69) is 21.4 Å². The predicted octanol–water partition coefficient (Wildman–Crippen LogP) is 0.767. The van der Waals surface area contributed by atoms with Gasteiger partial charge >= 0.3 is 12.1 Å². The summed E-state index contributed by atoms with van der Waals surface area (Å²) < 4.78 is 9.68. The van der Waals surface area contributed by atoms with E-state index >= 15 is 0 Å². The van der Waals surface area contributed by atoms with Crippen LogP contribution in [0.5, 0.6) is 0 Å². The first kappa shape index (κ1) is 29.0. The van der Waals surface area contributed by atoms with Crippen LogP contribution in [0.4, 0.5) is 4.79 Å². The Morgan fingerprint density at radius 2 is 1.74 bits per heavy atom. The molecule has 0 aliphatic carbocycles. The standard InChI is InChI=1S/C24H32N4O7/c1-7-15-9-11-16(12-10-15)20(21(31)26-14-19(30)34-6)28(8-2)22(32)17(13-18(25)29)27-23(33)35-24(3,4)5/h2,9-12,17,20H,7,13-14H2,1,3-6H3,(H2,25,29)(H,26,31)(H,27,33). The summed E-state index contributed by atoms with van der Waals surface area (Å²) in [6.07, 6.45) is 4.77. The number of nitrogens with one attached hydrogen (secondary N) is 2. The van der Waals surface area contributed by atoms with E-state index in [0.29, 0.717) is 5.56 Å². The van der Waals surface area contributed by atoms with Gasteiger partial charge < -0.3 is 25.8 Å². The molecule has 0 spiro atoms. The molecule has 0 saturated heterocycles. The molecule has 0 radical (unpaired) electrons. The van der Waals surface area contributed by atoms with Crippen LogP contribution in [-0.2, 0) is 35.1 Å². The van der Waals surface area contributed by atoms with Gasteiger partial charge in [-0.3, -0.25) is 24.1 Å². The number of rotatable bonds is 10. The number of alkyl carbamates (subject to hydrolysis) is 1. The number of hydrogen-bond donors (Lipinski definition) is 3. The molecule has 0 bridgehead atoms. The maximum atomic E-state index is 13.4. The highest BCUT2D eigenvalue weighted by molar-refractivity contribution is 5.96. The van der Waals surface area contributed by atoms with Crippen LogP contribution in [0.15, 0.2) is 24.3 Å². The summed E-state index contributed by atoms with van der Waals surface area (Å²) in [5.74, 6) is -3.33. The van der Waals surface area contributed by atoms with E-state index in [9.17, 15) is 24.0 Å². The second-order valence-electron chi connectivity index (χ2n) is 8.50. The quantitative estimate of drug-likeness (QED) is 0.249. The number of esters is 1. The van der Waals surface area contributed by atoms with Crippen LogP contribution in [-0.4, -0.2) is 60.0 Å². The Balaban J connectivity index is 3.37. The monoisotopic (exact) mass is 488 g/mol. The number of aryl methyl sites for hydroxylation is 1. The molecule has 11 nitrogen and oxygen atoms in total. The van der Waals surface area contributed by atoms with Crippen molar-refractivity contribution in [3.63, 3.8) is 0 Å². The Morgan fingerprint density at radius 1 is 1.14 bits per heavy atom. The largest absolute Gasteiger partial charge is 0.468 e. The van der Waals surface area contributed by atoms with E-state index in [1.54, 1.807) is 45.0 Å². The minimum absolute atomic E-state index is 0.339. The highest BCUT2D eigenvalue weighted by Gasteiger charge is 2.36. The van der Waals surface area contributed by atoms with E-state index in [0.717, 1.165) is 24.0 Å². The molecule has 0 saturated carbocycles. The van der Waals surface area contributed by atoms with Crippen molar-refractivity contribution in [3.8, 4) is 12.5 Å². The van der Waals surface area contributed by atoms with Crippen LogP contribution < -0.4 is 16.4 Å². The molecule has 0 aromatic heterocycles. The Morgan fingerprint density at radius 3 is 2.20 bits per heavy atom. The summed E-state index contributed by atoms with van der Waals surface area (Å²) in [6.45, 7) is 6.34. The maximum Gasteiger partial charge on any atom is 0.408 e. The molecule has 190 valence electrons. The molecule has 1 aromatic carbocycles. The van der Waals surface area contributed by atoms with Crippen LogP contribution in [0.2, 0.25) is 0 Å². The molecule has 0 aliphatic heterocycles. The van der Waals surface area contributed by atoms with Crippen LogP contribution >= 0.6 is 0 Å². The fraction of sp³-hybridized carbons (Fsp3) is 0.458. The van der Waals surface area contributed by atoms with Gasteiger partial charge in [-0.1, -0.05) is 37.6 Å². The highest BCUT2D eigenvalue weighted by atomic mass is 16.6. The van der Waals surface area contributed by atoms with Crippen molar-refractivity contribution in [1.82, 2.24) is 15.5 Å². The van der Waals surface area contributed by atoms with Crippen molar-refractivity contribution >= 4 is 29.8 Å². The number of carbonyl (C=O) groups is 5. The van der Waals surface area contributed by atoms with Gasteiger partial charge in [0.05, 0.1) is 13.5 Å². The van der Waals surface area contributed by atoms with Crippen molar-refractivity contribution in [2.24, 2.45) is 5.73 Å². The predicted molar refractivity (Wildman–Crippen MR) is 126 cm³/mol. The van der Waals surface area contributed by atoms with E-state index in [1.807, 2.05) is 6.92 Å². The lowest BCUT2D eigenvalue weighted by Gasteiger charge is -2.30. The number of terminal acetylenes is 1. The molecule has 0 heterocycles. The number of nitrogens with two attached hydrogens (primary N) is 1. The molecule has 2 unspecified atom stereocenters. The third-order valence-corrected chi connectivity index (χ3v) is 4.62. The maximum absolute atomic E-state index is 13.4. The average Bonchev–Trinajstić information content (AvgIpc) is 2.78. The molecule has 0 aliphatic rings. The lowest BCUT2D eigenvalue weighted by atomic mass is 10.0. The zero-order valence-electron chi connectivity index (χ0n) is 20.5. The molecular weight excluding hydrogens is 456 g/mol. The lowest BCUT2D eigenvalue weighted by Crippen LogP contribution is -2.52. The number of benzene rings is 1. The Labute approximate surface area is 204 Å². The van der Waals surface area contributed by atoms with Gasteiger partial charge in [0.15, 0.2) is 0 Å². The molecule has 4 amide bonds. The van der Waals surface area contributed by atoms with E-state index in [-0.39, 0.29) is 0 Å². The smallest absolute Gasteiger partial charge is 0.408 e. The third kappa shape index (κ3) is 9.37. The van der Waals surface area contributed by atoms with Crippen LogP contribution in [0, 0.1) is 12.5 Å². The Hall–Kier alpha value is -4.07. The first-order valence-corrected chi connectivity index (χ1v) is 10.8. The molecule has 0 fully saturated rings. The number of methoxy groups -OCH3 is 1. The van der Waals surface area contributed by atoms with Gasteiger partial charge in [0.25, 0.3) is 5.91 Å². The third-order valence-electron chi connectivity index (χ3n) is 4.62. The molecule has 2 atom stereocenters. The van der Waals surface area contributed by atoms with Crippen molar-refractivity contribution in [1.29, 1.82) is 0 Å². The highest BCUT2D eigenvalue weighted by Crippen LogP contribution is 2.23. The number of amides is 4. The van der Waals surface area contributed by atoms with Gasteiger partial charge in [0, 0.05) is 6.04 Å². The average molecular weight is 489 g/mol. The summed E-state index contributed by atoms with van der Waals surface area (Å²) in [5, 5.41) is 4.66. The summed E-state index contributed by atoms with van der Waals surface area (Å²) >= 11 is 0. The summed E-state index contributed by atoms with van der Waals surface area (Å²) in [6, 6.07) is 6.00. The van der Waals surface area contributed by atoms with E-state index in [4.69, 9.17) is 16.9 Å². The van der Waals surface area contributed by atoms with Crippen LogP contribution in [0.25, 0.3) is 0 Å². The molecule has 1 rings (SSSR count). The van der Waals surface area contributed by atoms with Crippen LogP contribution in [0.1, 0.15) is 51.3 Å². The zero-order valence-corrected chi connectivity index (χ0v) is 20.5. The minimum atomic E-state index is -1.51. The topological polar surface area (TPSA) is 157 Å². The second-order valence-corrected chi connectivity index (χ2v) is 8.50. The summed E-state index contributed by atoms with van der Waals surface area (Å²) in [7, 11) is 1.16. The first-order chi connectivity index (χ1) is 16.3. The number of primary amides is 1. The molecule has 4 N–H and O–H groups in total. The Bertz CT molecular complexity index is 977. The number of nitrogens with zero attached hydrogens (tertiary/aromatic N) is 1. The molecule has 11 heteroatoms. The van der Waals surface area contributed by atoms with Crippen molar-refractivity contribution < 1.29 is 33.4 Å². The fourth-order valence-electron chi connectivity index (χ4n) is 2.97. The van der Waals surface area contributed by atoms with Crippen molar-refractivity contribution in [3.05, 3.63) is 35.4 Å². The molecule has 1 aromatic rings. The molecular formula is C24H32N4O7. The van der Waals surface area contributed by atoms with Gasteiger partial charge in [-0.2, -0.15) is 0 Å². The Kier molecular flexibility index (Phi) is 10.7. The minimum Gasteiger partial charge on any atom is -0.468 e. The first-order valence-electron chi connectivity index (χ1n) is 10.8. The van der Waals surface area contributed by atoms with E-state index in [1.165, 1.54) is 0 Å². The van der Waals surface area contributed by atoms with Crippen molar-refractivity contribution in [2.75, 3.05) is 13.7 Å². The normalized spacial score (nSPS) is 12.3.